The first-order valence-electron chi connectivity index (χ1n) is 4.68. The molecule has 0 fully saturated rings. The van der Waals surface area contributed by atoms with Gasteiger partial charge in [-0.25, -0.2) is 0 Å². The molecule has 0 unspecified atom stereocenters. The van der Waals surface area contributed by atoms with Gasteiger partial charge in [0.25, 0.3) is 0 Å². The number of nitrogen functional groups attached to an aromatic ring is 1. The summed E-state index contributed by atoms with van der Waals surface area (Å²) in [4.78, 5) is 2.04. The van der Waals surface area contributed by atoms with Gasteiger partial charge in [0.1, 0.15) is 0 Å². The first kappa shape index (κ1) is 8.94. The molecule has 0 radical (unpaired) electrons. The highest BCUT2D eigenvalue weighted by Crippen LogP contribution is 2.34. The molecule has 1 aliphatic rings. The fraction of sp³-hybridized carbons (Fsp3) is 0.273. The lowest BCUT2D eigenvalue weighted by atomic mass is 10.1. The van der Waals surface area contributed by atoms with Crippen molar-refractivity contribution < 1.29 is 0 Å². The molecule has 0 saturated heterocycles. The molecule has 0 saturated carbocycles. The number of nitrogens with zero attached hydrogens (tertiary/aromatic N) is 1. The summed E-state index contributed by atoms with van der Waals surface area (Å²) in [7, 11) is 4.04. The van der Waals surface area contributed by atoms with Gasteiger partial charge in [-0.2, -0.15) is 0 Å². The number of benzene rings is 1. The van der Waals surface area contributed by atoms with Crippen molar-refractivity contribution in [3.8, 4) is 0 Å². The van der Waals surface area contributed by atoms with Crippen LogP contribution in [0.4, 0.5) is 11.4 Å². The fourth-order valence-electron chi connectivity index (χ4n) is 1.78. The molecule has 0 spiro atoms. The highest BCUT2D eigenvalue weighted by Gasteiger charge is 2.17. The number of anilines is 2. The van der Waals surface area contributed by atoms with Crippen molar-refractivity contribution in [2.24, 2.45) is 0 Å². The summed E-state index contributed by atoms with van der Waals surface area (Å²) >= 11 is 0. The molecule has 1 aromatic carbocycles. The molecule has 2 rings (SSSR count). The molecule has 3 heteroatoms. The van der Waals surface area contributed by atoms with Crippen LogP contribution in [0.3, 0.4) is 0 Å². The minimum atomic E-state index is 0.848. The predicted octanol–water partition coefficient (Wildman–Crippen LogP) is 1.60. The quantitative estimate of drug-likeness (QED) is 0.659. The van der Waals surface area contributed by atoms with Gasteiger partial charge in [0.15, 0.2) is 0 Å². The highest BCUT2D eigenvalue weighted by molar-refractivity contribution is 5.90. The van der Waals surface area contributed by atoms with Crippen molar-refractivity contribution in [1.82, 2.24) is 4.90 Å². The Hall–Kier alpha value is -1.64. The molecular weight excluding hydrogens is 174 g/mol. The largest absolute Gasteiger partial charge is 0.398 e. The van der Waals surface area contributed by atoms with Gasteiger partial charge < -0.3 is 16.0 Å². The summed E-state index contributed by atoms with van der Waals surface area (Å²) in [5.41, 5.74) is 10.3. The van der Waals surface area contributed by atoms with Crippen LogP contribution in [0, 0.1) is 0 Å². The fourth-order valence-corrected chi connectivity index (χ4v) is 1.78. The number of hydrogen-bond acceptors (Lipinski definition) is 3. The number of rotatable bonds is 1. The smallest absolute Gasteiger partial charge is 0.0441 e. The zero-order valence-corrected chi connectivity index (χ0v) is 8.54. The Morgan fingerprint density at radius 3 is 2.93 bits per heavy atom. The van der Waals surface area contributed by atoms with E-state index in [1.807, 2.05) is 31.1 Å². The van der Waals surface area contributed by atoms with E-state index in [1.165, 1.54) is 5.57 Å². The van der Waals surface area contributed by atoms with E-state index < -0.39 is 0 Å². The van der Waals surface area contributed by atoms with Crippen LogP contribution in [0.2, 0.25) is 0 Å². The topological polar surface area (TPSA) is 41.3 Å². The zero-order chi connectivity index (χ0) is 10.1. The van der Waals surface area contributed by atoms with E-state index >= 15 is 0 Å². The molecule has 0 bridgehead atoms. The van der Waals surface area contributed by atoms with E-state index in [1.54, 1.807) is 0 Å². The van der Waals surface area contributed by atoms with Gasteiger partial charge in [0, 0.05) is 43.8 Å². The Bertz CT molecular complexity index is 380. The van der Waals surface area contributed by atoms with Gasteiger partial charge in [-0.1, -0.05) is 6.07 Å². The molecule has 0 amide bonds. The third kappa shape index (κ3) is 1.41. The molecule has 0 aromatic heterocycles. The monoisotopic (exact) mass is 189 g/mol. The molecule has 3 nitrogen and oxygen atoms in total. The molecule has 1 heterocycles. The maximum absolute atomic E-state index is 5.94. The SMILES string of the molecule is CN(C)C=C1CNc2cccc(N)c21. The number of fused-ring (bicyclic) bond motifs is 1. The average Bonchev–Trinajstić information content (AvgIpc) is 2.49. The highest BCUT2D eigenvalue weighted by atomic mass is 15.0. The maximum atomic E-state index is 5.94. The molecule has 0 atom stereocenters. The van der Waals surface area contributed by atoms with Crippen molar-refractivity contribution in [3.63, 3.8) is 0 Å². The predicted molar refractivity (Wildman–Crippen MR) is 61.0 cm³/mol. The van der Waals surface area contributed by atoms with Crippen molar-refractivity contribution in [2.75, 3.05) is 31.7 Å². The van der Waals surface area contributed by atoms with Crippen LogP contribution in [0.5, 0.6) is 0 Å². The number of hydrogen-bond donors (Lipinski definition) is 2. The van der Waals surface area contributed by atoms with Gasteiger partial charge in [-0.05, 0) is 17.7 Å². The molecule has 14 heavy (non-hydrogen) atoms. The van der Waals surface area contributed by atoms with E-state index in [-0.39, 0.29) is 0 Å². The summed E-state index contributed by atoms with van der Waals surface area (Å²) in [6.45, 7) is 0.863. The van der Waals surface area contributed by atoms with Crippen LogP contribution in [0.25, 0.3) is 5.57 Å². The Morgan fingerprint density at radius 2 is 2.21 bits per heavy atom. The summed E-state index contributed by atoms with van der Waals surface area (Å²) in [6.07, 6.45) is 2.11. The van der Waals surface area contributed by atoms with Crippen LogP contribution in [0.15, 0.2) is 24.4 Å². The Kier molecular flexibility index (Phi) is 2.08. The second-order valence-corrected chi connectivity index (χ2v) is 3.74. The van der Waals surface area contributed by atoms with Crippen LogP contribution < -0.4 is 11.1 Å². The lowest BCUT2D eigenvalue weighted by Crippen LogP contribution is -2.04. The van der Waals surface area contributed by atoms with Crippen molar-refractivity contribution >= 4 is 16.9 Å². The molecular formula is C11H15N3. The minimum absolute atomic E-state index is 0.848. The zero-order valence-electron chi connectivity index (χ0n) is 8.54. The van der Waals surface area contributed by atoms with Crippen LogP contribution in [0.1, 0.15) is 5.56 Å². The maximum Gasteiger partial charge on any atom is 0.0441 e. The van der Waals surface area contributed by atoms with E-state index in [2.05, 4.69) is 17.6 Å². The Balaban J connectivity index is 2.48. The molecule has 0 aliphatic carbocycles. The molecule has 3 N–H and O–H groups in total. The van der Waals surface area contributed by atoms with Crippen molar-refractivity contribution in [3.05, 3.63) is 30.0 Å². The van der Waals surface area contributed by atoms with Crippen molar-refractivity contribution in [2.45, 2.75) is 0 Å². The Morgan fingerprint density at radius 1 is 1.43 bits per heavy atom. The number of nitrogens with one attached hydrogen (secondary N) is 1. The van der Waals surface area contributed by atoms with E-state index in [0.717, 1.165) is 23.5 Å². The number of nitrogens with two attached hydrogens (primary N) is 1. The molecule has 1 aromatic rings. The average molecular weight is 189 g/mol. The van der Waals surface area contributed by atoms with E-state index in [9.17, 15) is 0 Å². The summed E-state index contributed by atoms with van der Waals surface area (Å²) < 4.78 is 0. The second-order valence-electron chi connectivity index (χ2n) is 3.74. The lowest BCUT2D eigenvalue weighted by molar-refractivity contribution is 0.565. The van der Waals surface area contributed by atoms with Gasteiger partial charge >= 0.3 is 0 Å². The Labute approximate surface area is 84.2 Å². The first-order valence-corrected chi connectivity index (χ1v) is 4.68. The van der Waals surface area contributed by atoms with E-state index in [0.29, 0.717) is 0 Å². The van der Waals surface area contributed by atoms with Crippen molar-refractivity contribution in [1.29, 1.82) is 0 Å². The van der Waals surface area contributed by atoms with Gasteiger partial charge in [-0.3, -0.25) is 0 Å². The molecule has 74 valence electrons. The lowest BCUT2D eigenvalue weighted by Gasteiger charge is -2.08. The first-order chi connectivity index (χ1) is 6.68. The third-order valence-electron chi connectivity index (χ3n) is 2.30. The summed E-state index contributed by atoms with van der Waals surface area (Å²) in [5.74, 6) is 0. The molecule has 1 aliphatic heterocycles. The normalized spacial score (nSPS) is 16.6. The third-order valence-corrected chi connectivity index (χ3v) is 2.30. The van der Waals surface area contributed by atoms with Crippen LogP contribution >= 0.6 is 0 Å². The van der Waals surface area contributed by atoms with Crippen LogP contribution in [-0.4, -0.2) is 25.5 Å². The summed E-state index contributed by atoms with van der Waals surface area (Å²) in [6, 6.07) is 5.97. The summed E-state index contributed by atoms with van der Waals surface area (Å²) in [5, 5.41) is 3.32. The standard InChI is InChI=1S/C11H15N3/c1-14(2)7-8-6-13-10-5-3-4-9(12)11(8)10/h3-5,7,13H,6,12H2,1-2H3. The second kappa shape index (κ2) is 3.25. The van der Waals surface area contributed by atoms with Crippen LogP contribution in [-0.2, 0) is 0 Å². The minimum Gasteiger partial charge on any atom is -0.398 e. The van der Waals surface area contributed by atoms with Gasteiger partial charge in [-0.15, -0.1) is 0 Å². The van der Waals surface area contributed by atoms with Gasteiger partial charge in [0.05, 0.1) is 0 Å². The van der Waals surface area contributed by atoms with Gasteiger partial charge in [0.2, 0.25) is 0 Å². The van der Waals surface area contributed by atoms with E-state index in [4.69, 9.17) is 5.73 Å².